The number of carboxylic acids is 1. The number of nitrogens with zero attached hydrogens (tertiary/aromatic N) is 1. The molecule has 0 spiro atoms. The Kier molecular flexibility index (Phi) is 9.47. The van der Waals surface area contributed by atoms with Gasteiger partial charge in [-0.15, -0.1) is 10.2 Å². The summed E-state index contributed by atoms with van der Waals surface area (Å²) in [5.41, 5.74) is 5.00. The predicted molar refractivity (Wildman–Crippen MR) is 127 cm³/mol. The van der Waals surface area contributed by atoms with Crippen molar-refractivity contribution in [2.75, 3.05) is 19.7 Å². The van der Waals surface area contributed by atoms with E-state index >= 15 is 0 Å². The number of rotatable bonds is 6. The van der Waals surface area contributed by atoms with Crippen LogP contribution in [0.15, 0.2) is 53.1 Å². The van der Waals surface area contributed by atoms with Gasteiger partial charge in [0.1, 0.15) is 24.6 Å². The first-order chi connectivity index (χ1) is 17.6. The van der Waals surface area contributed by atoms with Gasteiger partial charge in [-0.2, -0.15) is 0 Å². The monoisotopic (exact) mass is 531 g/mol. The third-order valence-electron chi connectivity index (χ3n) is 6.13. The SMILES string of the molecule is CCO/C=C1\CCCc2c1oc1cc(=[N+](CC)CC)ccc-1c2-c1ccccc1C(=O)O.[O-][Cl+3]([O-])([O-])[O-]. The highest BCUT2D eigenvalue weighted by atomic mass is 35.7. The van der Waals surface area contributed by atoms with Gasteiger partial charge in [0.25, 0.3) is 0 Å². The molecule has 1 aromatic carbocycles. The minimum atomic E-state index is -4.94. The average Bonchev–Trinajstić information content (AvgIpc) is 2.85. The summed E-state index contributed by atoms with van der Waals surface area (Å²) in [5.74, 6) is 0.640. The average molecular weight is 532 g/mol. The summed E-state index contributed by atoms with van der Waals surface area (Å²) in [4.78, 5) is 12.1. The Morgan fingerprint density at radius 3 is 2.35 bits per heavy atom. The molecular weight excluding hydrogens is 502 g/mol. The molecule has 0 unspecified atom stereocenters. The first-order valence-electron chi connectivity index (χ1n) is 12.0. The molecule has 0 fully saturated rings. The van der Waals surface area contributed by atoms with Crippen molar-refractivity contribution in [3.05, 3.63) is 71.0 Å². The number of ether oxygens (including phenoxy) is 1. The Balaban J connectivity index is 0.000000695. The maximum atomic E-state index is 12.1. The van der Waals surface area contributed by atoms with Crippen LogP contribution in [0, 0.1) is 10.2 Å². The van der Waals surface area contributed by atoms with Gasteiger partial charge in [0.15, 0.2) is 0 Å². The molecule has 0 saturated heterocycles. The van der Waals surface area contributed by atoms with Crippen LogP contribution in [-0.4, -0.2) is 30.8 Å². The van der Waals surface area contributed by atoms with Crippen molar-refractivity contribution in [3.8, 4) is 22.5 Å². The van der Waals surface area contributed by atoms with Crippen LogP contribution < -0.4 is 28.6 Å². The van der Waals surface area contributed by atoms with Crippen LogP contribution in [0.3, 0.4) is 0 Å². The zero-order valence-electron chi connectivity index (χ0n) is 21.0. The highest BCUT2D eigenvalue weighted by Crippen LogP contribution is 2.45. The molecule has 1 N–H and O–H groups in total. The minimum Gasteiger partial charge on any atom is -0.501 e. The number of halogens is 1. The molecule has 0 saturated carbocycles. The van der Waals surface area contributed by atoms with E-state index in [1.807, 2.05) is 19.1 Å². The van der Waals surface area contributed by atoms with Gasteiger partial charge >= 0.3 is 5.97 Å². The summed E-state index contributed by atoms with van der Waals surface area (Å²) >= 11 is 0. The topological polar surface area (TPSA) is 155 Å². The first-order valence-corrected chi connectivity index (χ1v) is 13.3. The van der Waals surface area contributed by atoms with Crippen LogP contribution in [0.2, 0.25) is 0 Å². The molecule has 198 valence electrons. The van der Waals surface area contributed by atoms with Crippen molar-refractivity contribution in [2.24, 2.45) is 0 Å². The third kappa shape index (κ3) is 6.97. The standard InChI is InChI=1S/C27H29NO4.ClHO4/c1-4-28(5-2)19-14-15-22-24(16-19)32-26-18(17-31-6-3)10-9-13-23(26)25(22)20-11-7-8-12-21(20)27(29)30;2-1(3,4)5/h7-8,11-12,14-17H,4-6,9-10,13H2,1-3H3;(H,2,3,4,5)/b18-17+;. The number of fused-ring (bicyclic) bond motifs is 2. The summed E-state index contributed by atoms with van der Waals surface area (Å²) in [6.07, 6.45) is 4.47. The maximum Gasteiger partial charge on any atom is 0.336 e. The predicted octanol–water partition coefficient (Wildman–Crippen LogP) is 0.519. The molecule has 1 aliphatic heterocycles. The molecule has 0 radical (unpaired) electrons. The number of benzene rings is 2. The third-order valence-corrected chi connectivity index (χ3v) is 6.13. The van der Waals surface area contributed by atoms with Gasteiger partial charge < -0.3 is 14.3 Å². The summed E-state index contributed by atoms with van der Waals surface area (Å²) < 4.78 is 48.4. The molecule has 10 heteroatoms. The van der Waals surface area contributed by atoms with E-state index in [0.717, 1.165) is 77.1 Å². The number of carbonyl (C=O) groups is 1. The summed E-state index contributed by atoms with van der Waals surface area (Å²) in [6, 6.07) is 13.5. The van der Waals surface area contributed by atoms with E-state index < -0.39 is 16.2 Å². The molecule has 1 heterocycles. The molecule has 0 bridgehead atoms. The summed E-state index contributed by atoms with van der Waals surface area (Å²) in [6.45, 7) is 8.62. The molecule has 2 aliphatic carbocycles. The Morgan fingerprint density at radius 2 is 1.73 bits per heavy atom. The quantitative estimate of drug-likeness (QED) is 0.356. The van der Waals surface area contributed by atoms with Gasteiger partial charge in [-0.1, -0.05) is 18.2 Å². The van der Waals surface area contributed by atoms with Crippen LogP contribution in [0.4, 0.5) is 0 Å². The molecule has 3 aliphatic rings. The van der Waals surface area contributed by atoms with Crippen molar-refractivity contribution in [1.82, 2.24) is 4.58 Å². The van der Waals surface area contributed by atoms with Gasteiger partial charge in [0.2, 0.25) is 5.36 Å². The normalized spacial score (nSPS) is 14.1. The molecule has 0 amide bonds. The molecular formula is C27H30ClNO8. The van der Waals surface area contributed by atoms with Crippen molar-refractivity contribution in [2.45, 2.75) is 40.0 Å². The van der Waals surface area contributed by atoms with E-state index in [4.69, 9.17) is 27.8 Å². The van der Waals surface area contributed by atoms with Crippen LogP contribution in [-0.2, 0) is 11.2 Å². The Bertz CT molecular complexity index is 1310. The van der Waals surface area contributed by atoms with Crippen LogP contribution in [0.1, 0.15) is 55.3 Å². The molecule has 0 atom stereocenters. The highest BCUT2D eigenvalue weighted by Gasteiger charge is 2.28. The fourth-order valence-corrected chi connectivity index (χ4v) is 4.59. The summed E-state index contributed by atoms with van der Waals surface area (Å²) in [7, 11) is -4.94. The van der Waals surface area contributed by atoms with E-state index in [1.165, 1.54) is 0 Å². The number of allylic oxidation sites excluding steroid dienone is 1. The zero-order chi connectivity index (χ0) is 27.2. The smallest absolute Gasteiger partial charge is 0.336 e. The van der Waals surface area contributed by atoms with Crippen molar-refractivity contribution >= 4 is 11.5 Å². The molecule has 4 rings (SSSR count). The second-order valence-corrected chi connectivity index (χ2v) is 9.07. The second kappa shape index (κ2) is 12.4. The Labute approximate surface area is 217 Å². The van der Waals surface area contributed by atoms with Gasteiger partial charge in [-0.05, 0) is 57.7 Å². The Hall–Kier alpha value is -3.21. The number of hydrogen-bond acceptors (Lipinski definition) is 7. The zero-order valence-corrected chi connectivity index (χ0v) is 21.7. The van der Waals surface area contributed by atoms with Crippen molar-refractivity contribution in [3.63, 3.8) is 0 Å². The van der Waals surface area contributed by atoms with Gasteiger partial charge in [-0.3, -0.25) is 0 Å². The van der Waals surface area contributed by atoms with Crippen LogP contribution in [0.5, 0.6) is 0 Å². The summed E-state index contributed by atoms with van der Waals surface area (Å²) in [5, 5.41) is 11.0. The minimum absolute atomic E-state index is 0.302. The van der Waals surface area contributed by atoms with Gasteiger partial charge in [0.05, 0.1) is 24.5 Å². The highest BCUT2D eigenvalue weighted by molar-refractivity contribution is 6.00. The van der Waals surface area contributed by atoms with Crippen LogP contribution in [0.25, 0.3) is 28.0 Å². The number of carboxylic acid groups (broad SMARTS) is 1. The lowest BCUT2D eigenvalue weighted by Crippen LogP contribution is -2.68. The van der Waals surface area contributed by atoms with Gasteiger partial charge in [-0.25, -0.2) is 28.0 Å². The van der Waals surface area contributed by atoms with E-state index in [0.29, 0.717) is 12.2 Å². The largest absolute Gasteiger partial charge is 0.501 e. The molecule has 9 nitrogen and oxygen atoms in total. The molecule has 1 aromatic rings. The van der Waals surface area contributed by atoms with E-state index in [9.17, 15) is 9.90 Å². The van der Waals surface area contributed by atoms with Gasteiger partial charge in [0, 0.05) is 28.3 Å². The van der Waals surface area contributed by atoms with Crippen LogP contribution >= 0.6 is 0 Å². The molecule has 37 heavy (non-hydrogen) atoms. The van der Waals surface area contributed by atoms with E-state index in [2.05, 4.69) is 36.6 Å². The first kappa shape index (κ1) is 28.4. The second-order valence-electron chi connectivity index (χ2n) is 8.32. The molecule has 0 aromatic heterocycles. The fourth-order valence-electron chi connectivity index (χ4n) is 4.59. The number of aromatic carboxylic acids is 1. The Morgan fingerprint density at radius 1 is 1.05 bits per heavy atom. The van der Waals surface area contributed by atoms with Crippen molar-refractivity contribution in [1.29, 1.82) is 0 Å². The van der Waals surface area contributed by atoms with Crippen molar-refractivity contribution < 1.29 is 47.9 Å². The van der Waals surface area contributed by atoms with E-state index in [-0.39, 0.29) is 0 Å². The maximum absolute atomic E-state index is 12.1. The lowest BCUT2D eigenvalue weighted by molar-refractivity contribution is -2.00. The number of hydrogen-bond donors (Lipinski definition) is 1. The van der Waals surface area contributed by atoms with E-state index in [1.54, 1.807) is 18.4 Å². The lowest BCUT2D eigenvalue weighted by atomic mass is 9.83. The lowest BCUT2D eigenvalue weighted by Gasteiger charge is -2.25. The fraction of sp³-hybridized carbons (Fsp3) is 0.333.